The van der Waals surface area contributed by atoms with Gasteiger partial charge in [0.1, 0.15) is 11.6 Å². The Morgan fingerprint density at radius 2 is 1.73 bits per heavy atom. The Kier molecular flexibility index (Phi) is 7.54. The van der Waals surface area contributed by atoms with Gasteiger partial charge >= 0.3 is 0 Å². The Labute approximate surface area is 151 Å². The van der Waals surface area contributed by atoms with Crippen molar-refractivity contribution in [1.29, 1.82) is 0 Å². The van der Waals surface area contributed by atoms with Gasteiger partial charge in [-0.05, 0) is 37.3 Å². The maximum atomic E-state index is 13.6. The Morgan fingerprint density at radius 1 is 1.00 bits per heavy atom. The SMILES string of the molecule is CCNC(=NCc1cc(F)ccc1F)NCCNC(=O)c1ccccc1. The van der Waals surface area contributed by atoms with Crippen LogP contribution in [0.3, 0.4) is 0 Å². The minimum atomic E-state index is -0.502. The van der Waals surface area contributed by atoms with Crippen LogP contribution in [0.1, 0.15) is 22.8 Å². The van der Waals surface area contributed by atoms with Gasteiger partial charge in [-0.3, -0.25) is 4.79 Å². The summed E-state index contributed by atoms with van der Waals surface area (Å²) in [6.45, 7) is 3.36. The number of carbonyl (C=O) groups is 1. The molecule has 0 heterocycles. The van der Waals surface area contributed by atoms with Gasteiger partial charge in [-0.25, -0.2) is 13.8 Å². The van der Waals surface area contributed by atoms with Crippen LogP contribution in [0.2, 0.25) is 0 Å². The molecule has 2 aromatic rings. The van der Waals surface area contributed by atoms with Crippen LogP contribution in [-0.4, -0.2) is 31.5 Å². The predicted octanol–water partition coefficient (Wildman–Crippen LogP) is 2.45. The van der Waals surface area contributed by atoms with E-state index in [0.717, 1.165) is 18.2 Å². The standard InChI is InChI=1S/C19H22F2N4O/c1-2-22-19(25-13-15-12-16(20)8-9-17(15)21)24-11-10-23-18(26)14-6-4-3-5-7-14/h3-9,12H,2,10-11,13H2,1H3,(H,23,26)(H2,22,24,25). The van der Waals surface area contributed by atoms with Crippen LogP contribution in [0, 0.1) is 11.6 Å². The number of aliphatic imine (C=N–C) groups is 1. The van der Waals surface area contributed by atoms with E-state index in [1.165, 1.54) is 0 Å². The van der Waals surface area contributed by atoms with E-state index in [1.807, 2.05) is 13.0 Å². The van der Waals surface area contributed by atoms with E-state index in [0.29, 0.717) is 31.2 Å². The third-order valence-electron chi connectivity index (χ3n) is 3.50. The first-order valence-corrected chi connectivity index (χ1v) is 8.39. The van der Waals surface area contributed by atoms with Crippen molar-refractivity contribution in [1.82, 2.24) is 16.0 Å². The van der Waals surface area contributed by atoms with Gasteiger partial charge in [0.2, 0.25) is 0 Å². The van der Waals surface area contributed by atoms with Crippen LogP contribution in [-0.2, 0) is 6.54 Å². The largest absolute Gasteiger partial charge is 0.357 e. The normalized spacial score (nSPS) is 11.1. The first-order chi connectivity index (χ1) is 12.6. The van der Waals surface area contributed by atoms with Crippen molar-refractivity contribution in [3.05, 3.63) is 71.3 Å². The van der Waals surface area contributed by atoms with E-state index in [4.69, 9.17) is 0 Å². The number of hydrogen-bond donors (Lipinski definition) is 3. The van der Waals surface area contributed by atoms with Crippen LogP contribution >= 0.6 is 0 Å². The number of benzene rings is 2. The molecule has 0 unspecified atom stereocenters. The Morgan fingerprint density at radius 3 is 2.46 bits per heavy atom. The van der Waals surface area contributed by atoms with Crippen LogP contribution in [0.15, 0.2) is 53.5 Å². The van der Waals surface area contributed by atoms with Gasteiger partial charge in [0.05, 0.1) is 6.54 Å². The Bertz CT molecular complexity index is 750. The first kappa shape index (κ1) is 19.4. The van der Waals surface area contributed by atoms with E-state index in [-0.39, 0.29) is 18.0 Å². The summed E-state index contributed by atoms with van der Waals surface area (Å²) >= 11 is 0. The minimum Gasteiger partial charge on any atom is -0.357 e. The number of nitrogens with one attached hydrogen (secondary N) is 3. The molecule has 0 atom stereocenters. The van der Waals surface area contributed by atoms with Crippen molar-refractivity contribution in [2.45, 2.75) is 13.5 Å². The summed E-state index contributed by atoms with van der Waals surface area (Å²) in [6.07, 6.45) is 0. The van der Waals surface area contributed by atoms with Crippen LogP contribution < -0.4 is 16.0 Å². The van der Waals surface area contributed by atoms with Gasteiger partial charge in [-0.2, -0.15) is 0 Å². The summed E-state index contributed by atoms with van der Waals surface area (Å²) in [4.78, 5) is 16.2. The number of carbonyl (C=O) groups excluding carboxylic acids is 1. The molecule has 3 N–H and O–H groups in total. The number of guanidine groups is 1. The minimum absolute atomic E-state index is 0.00923. The molecule has 2 aromatic carbocycles. The molecule has 0 radical (unpaired) electrons. The molecule has 5 nitrogen and oxygen atoms in total. The van der Waals surface area contributed by atoms with Crippen molar-refractivity contribution in [3.8, 4) is 0 Å². The van der Waals surface area contributed by atoms with Crippen molar-refractivity contribution in [2.24, 2.45) is 4.99 Å². The van der Waals surface area contributed by atoms with Gasteiger partial charge in [0.15, 0.2) is 5.96 Å². The summed E-state index contributed by atoms with van der Waals surface area (Å²) in [5, 5.41) is 8.85. The number of rotatable bonds is 7. The van der Waals surface area contributed by atoms with Crippen molar-refractivity contribution in [2.75, 3.05) is 19.6 Å². The van der Waals surface area contributed by atoms with Gasteiger partial charge < -0.3 is 16.0 Å². The molecule has 0 bridgehead atoms. The second-order valence-corrected chi connectivity index (χ2v) is 5.48. The van der Waals surface area contributed by atoms with Crippen LogP contribution in [0.4, 0.5) is 8.78 Å². The van der Waals surface area contributed by atoms with Gasteiger partial charge in [-0.15, -0.1) is 0 Å². The highest BCUT2D eigenvalue weighted by Gasteiger charge is 2.05. The topological polar surface area (TPSA) is 65.5 Å². The first-order valence-electron chi connectivity index (χ1n) is 8.39. The fraction of sp³-hybridized carbons (Fsp3) is 0.263. The van der Waals surface area contributed by atoms with E-state index >= 15 is 0 Å². The number of amides is 1. The fourth-order valence-corrected chi connectivity index (χ4v) is 2.22. The molecule has 7 heteroatoms. The fourth-order valence-electron chi connectivity index (χ4n) is 2.22. The Balaban J connectivity index is 1.83. The summed E-state index contributed by atoms with van der Waals surface area (Å²) < 4.78 is 26.8. The highest BCUT2D eigenvalue weighted by molar-refractivity contribution is 5.94. The second kappa shape index (κ2) is 10.1. The van der Waals surface area contributed by atoms with Gasteiger partial charge in [-0.1, -0.05) is 18.2 Å². The van der Waals surface area contributed by atoms with E-state index in [9.17, 15) is 13.6 Å². The summed E-state index contributed by atoms with van der Waals surface area (Å²) in [5.74, 6) is -0.694. The van der Waals surface area contributed by atoms with E-state index in [1.54, 1.807) is 24.3 Å². The monoisotopic (exact) mass is 360 g/mol. The third kappa shape index (κ3) is 6.16. The average Bonchev–Trinajstić information content (AvgIpc) is 2.66. The van der Waals surface area contributed by atoms with Gasteiger partial charge in [0, 0.05) is 30.8 Å². The van der Waals surface area contributed by atoms with Crippen LogP contribution in [0.25, 0.3) is 0 Å². The molecule has 2 rings (SSSR count). The maximum Gasteiger partial charge on any atom is 0.251 e. The molecule has 26 heavy (non-hydrogen) atoms. The zero-order valence-corrected chi connectivity index (χ0v) is 14.6. The summed E-state index contributed by atoms with van der Waals surface area (Å²) in [7, 11) is 0. The number of hydrogen-bond acceptors (Lipinski definition) is 2. The molecule has 0 saturated heterocycles. The molecular formula is C19H22F2N4O. The molecular weight excluding hydrogens is 338 g/mol. The van der Waals surface area contributed by atoms with Crippen LogP contribution in [0.5, 0.6) is 0 Å². The van der Waals surface area contributed by atoms with E-state index < -0.39 is 11.6 Å². The Hall–Kier alpha value is -2.96. The summed E-state index contributed by atoms with van der Waals surface area (Å²) in [5.41, 5.74) is 0.772. The summed E-state index contributed by atoms with van der Waals surface area (Å²) in [6, 6.07) is 12.2. The lowest BCUT2D eigenvalue weighted by molar-refractivity contribution is 0.0954. The molecule has 0 aliphatic rings. The molecule has 0 aliphatic carbocycles. The highest BCUT2D eigenvalue weighted by atomic mass is 19.1. The molecule has 0 saturated carbocycles. The van der Waals surface area contributed by atoms with E-state index in [2.05, 4.69) is 20.9 Å². The highest BCUT2D eigenvalue weighted by Crippen LogP contribution is 2.10. The zero-order valence-electron chi connectivity index (χ0n) is 14.6. The zero-order chi connectivity index (χ0) is 18.8. The molecule has 0 aromatic heterocycles. The van der Waals surface area contributed by atoms with Gasteiger partial charge in [0.25, 0.3) is 5.91 Å². The van der Waals surface area contributed by atoms with Crippen molar-refractivity contribution >= 4 is 11.9 Å². The molecule has 1 amide bonds. The molecule has 0 fully saturated rings. The molecule has 0 spiro atoms. The predicted molar refractivity (Wildman–Crippen MR) is 98.0 cm³/mol. The number of nitrogens with zero attached hydrogens (tertiary/aromatic N) is 1. The smallest absolute Gasteiger partial charge is 0.251 e. The quantitative estimate of drug-likeness (QED) is 0.404. The van der Waals surface area contributed by atoms with Crippen molar-refractivity contribution < 1.29 is 13.6 Å². The lowest BCUT2D eigenvalue weighted by Crippen LogP contribution is -2.41. The maximum absolute atomic E-state index is 13.6. The molecule has 0 aliphatic heterocycles. The number of halogens is 2. The third-order valence-corrected chi connectivity index (χ3v) is 3.50. The molecule has 138 valence electrons. The average molecular weight is 360 g/mol. The lowest BCUT2D eigenvalue weighted by Gasteiger charge is -2.12. The van der Waals surface area contributed by atoms with Crippen molar-refractivity contribution in [3.63, 3.8) is 0 Å². The second-order valence-electron chi connectivity index (χ2n) is 5.48. The lowest BCUT2D eigenvalue weighted by atomic mass is 10.2.